The minimum absolute atomic E-state index is 0.0464. The van der Waals surface area contributed by atoms with Crippen LogP contribution in [0.4, 0.5) is 18.0 Å². The number of hydrogen-bond acceptors (Lipinski definition) is 2. The predicted molar refractivity (Wildman–Crippen MR) is 67.3 cm³/mol. The molecule has 0 aromatic rings. The van der Waals surface area contributed by atoms with E-state index in [1.54, 1.807) is 19.2 Å². The van der Waals surface area contributed by atoms with Crippen molar-refractivity contribution in [1.29, 1.82) is 0 Å². The first-order chi connectivity index (χ1) is 8.83. The second-order valence-electron chi connectivity index (χ2n) is 5.50. The van der Waals surface area contributed by atoms with Gasteiger partial charge in [-0.15, -0.1) is 0 Å². The average Bonchev–Trinajstić information content (AvgIpc) is 2.22. The van der Waals surface area contributed by atoms with E-state index >= 15 is 0 Å². The Bertz CT molecular complexity index is 369. The van der Waals surface area contributed by atoms with Gasteiger partial charge in [-0.05, 0) is 26.7 Å². The van der Waals surface area contributed by atoms with E-state index < -0.39 is 23.7 Å². The van der Waals surface area contributed by atoms with Crippen molar-refractivity contribution in [2.45, 2.75) is 52.4 Å². The summed E-state index contributed by atoms with van der Waals surface area (Å²) in [6, 6.07) is -1.39. The maximum absolute atomic E-state index is 12.8. The summed E-state index contributed by atoms with van der Waals surface area (Å²) >= 11 is 0. The Hall–Kier alpha value is -1.47. The van der Waals surface area contributed by atoms with Crippen molar-refractivity contribution in [1.82, 2.24) is 10.2 Å². The fraction of sp³-hybridized carbons (Fsp3) is 0.833. The Balaban J connectivity index is 5.23. The number of nitrogens with zero attached hydrogens (tertiary/aromatic N) is 1. The lowest BCUT2D eigenvalue weighted by atomic mass is 10.0. The summed E-state index contributed by atoms with van der Waals surface area (Å²) in [5.74, 6) is -2.10. The molecule has 0 saturated heterocycles. The summed E-state index contributed by atoms with van der Waals surface area (Å²) < 4.78 is 38.5. The summed E-state index contributed by atoms with van der Waals surface area (Å²) in [6.07, 6.45) is -5.09. The highest BCUT2D eigenvalue weighted by molar-refractivity contribution is 5.86. The van der Waals surface area contributed by atoms with Gasteiger partial charge in [-0.3, -0.25) is 0 Å². The Kier molecular flexibility index (Phi) is 5.86. The highest BCUT2D eigenvalue weighted by atomic mass is 19.4. The highest BCUT2D eigenvalue weighted by Gasteiger charge is 2.58. The van der Waals surface area contributed by atoms with Crippen LogP contribution in [-0.2, 0) is 4.79 Å². The van der Waals surface area contributed by atoms with Crippen molar-refractivity contribution in [3.05, 3.63) is 0 Å². The molecule has 118 valence electrons. The van der Waals surface area contributed by atoms with Gasteiger partial charge < -0.3 is 15.3 Å². The molecular formula is C12H21F3N2O3. The first-order valence-corrected chi connectivity index (χ1v) is 6.21. The molecule has 0 bridgehead atoms. The third-order valence-corrected chi connectivity index (χ3v) is 2.80. The summed E-state index contributed by atoms with van der Waals surface area (Å²) in [4.78, 5) is 24.0. The molecule has 0 aliphatic heterocycles. The lowest BCUT2D eigenvalue weighted by Gasteiger charge is -2.34. The number of carbonyl (C=O) groups is 2. The lowest BCUT2D eigenvalue weighted by molar-refractivity contribution is -0.203. The van der Waals surface area contributed by atoms with Gasteiger partial charge in [-0.25, -0.2) is 9.59 Å². The van der Waals surface area contributed by atoms with Crippen LogP contribution in [0.5, 0.6) is 0 Å². The maximum atomic E-state index is 12.8. The zero-order chi connectivity index (χ0) is 16.3. The first-order valence-electron chi connectivity index (χ1n) is 6.21. The molecule has 0 aromatic heterocycles. The number of carboxylic acid groups (broad SMARTS) is 1. The molecule has 20 heavy (non-hydrogen) atoms. The smallest absolute Gasteiger partial charge is 0.422 e. The van der Waals surface area contributed by atoms with Gasteiger partial charge in [0.2, 0.25) is 5.54 Å². The van der Waals surface area contributed by atoms with Crippen molar-refractivity contribution in [3.8, 4) is 0 Å². The molecule has 0 aromatic carbocycles. The van der Waals surface area contributed by atoms with Crippen molar-refractivity contribution in [2.75, 3.05) is 6.54 Å². The fourth-order valence-electron chi connectivity index (χ4n) is 1.45. The molecule has 0 fully saturated rings. The van der Waals surface area contributed by atoms with Gasteiger partial charge in [0, 0.05) is 12.6 Å². The van der Waals surface area contributed by atoms with E-state index in [4.69, 9.17) is 5.11 Å². The number of halogens is 3. The molecule has 1 atom stereocenters. The molecule has 0 aliphatic carbocycles. The number of hydrogen-bond donors (Lipinski definition) is 2. The van der Waals surface area contributed by atoms with Crippen LogP contribution < -0.4 is 5.32 Å². The number of nitrogens with one attached hydrogen (secondary N) is 1. The van der Waals surface area contributed by atoms with Gasteiger partial charge in [0.1, 0.15) is 0 Å². The Morgan fingerprint density at radius 2 is 1.65 bits per heavy atom. The molecule has 0 radical (unpaired) electrons. The number of carbonyl (C=O) groups excluding carboxylic acids is 1. The molecule has 0 aliphatic rings. The zero-order valence-corrected chi connectivity index (χ0v) is 12.2. The van der Waals surface area contributed by atoms with E-state index in [1.807, 2.05) is 13.8 Å². The molecule has 0 rings (SSSR count). The summed E-state index contributed by atoms with van der Waals surface area (Å²) in [6.45, 7) is 7.57. The second kappa shape index (κ2) is 6.32. The summed E-state index contributed by atoms with van der Waals surface area (Å²) in [7, 11) is 0. The van der Waals surface area contributed by atoms with Crippen molar-refractivity contribution in [2.24, 2.45) is 5.92 Å². The van der Waals surface area contributed by atoms with Crippen LogP contribution in [0.2, 0.25) is 0 Å². The SMILES string of the molecule is CC(C)CN(C(=O)NC(C)(C(=O)O)C(F)(F)F)C(C)C. The van der Waals surface area contributed by atoms with Crippen LogP contribution in [-0.4, -0.2) is 46.3 Å². The molecule has 2 amide bonds. The Morgan fingerprint density at radius 1 is 1.20 bits per heavy atom. The van der Waals surface area contributed by atoms with Crippen LogP contribution in [0.3, 0.4) is 0 Å². The fourth-order valence-corrected chi connectivity index (χ4v) is 1.45. The number of aliphatic carboxylic acids is 1. The minimum atomic E-state index is -5.09. The monoisotopic (exact) mass is 298 g/mol. The molecule has 0 saturated carbocycles. The van der Waals surface area contributed by atoms with Crippen molar-refractivity contribution in [3.63, 3.8) is 0 Å². The van der Waals surface area contributed by atoms with Gasteiger partial charge in [-0.1, -0.05) is 13.8 Å². The molecule has 5 nitrogen and oxygen atoms in total. The van der Waals surface area contributed by atoms with Gasteiger partial charge in [-0.2, -0.15) is 13.2 Å². The van der Waals surface area contributed by atoms with Crippen LogP contribution in [0.25, 0.3) is 0 Å². The normalized spacial score (nSPS) is 15.1. The topological polar surface area (TPSA) is 69.6 Å². The third kappa shape index (κ3) is 4.28. The van der Waals surface area contributed by atoms with Crippen LogP contribution >= 0.6 is 0 Å². The quantitative estimate of drug-likeness (QED) is 0.819. The molecule has 1 unspecified atom stereocenters. The minimum Gasteiger partial charge on any atom is -0.479 e. The van der Waals surface area contributed by atoms with Crippen molar-refractivity contribution < 1.29 is 27.9 Å². The third-order valence-electron chi connectivity index (χ3n) is 2.80. The van der Waals surface area contributed by atoms with Gasteiger partial charge in [0.15, 0.2) is 0 Å². The van der Waals surface area contributed by atoms with Crippen molar-refractivity contribution >= 4 is 12.0 Å². The van der Waals surface area contributed by atoms with Gasteiger partial charge in [0.05, 0.1) is 0 Å². The van der Waals surface area contributed by atoms with E-state index in [9.17, 15) is 22.8 Å². The predicted octanol–water partition coefficient (Wildman–Crippen LogP) is 2.47. The highest BCUT2D eigenvalue weighted by Crippen LogP contribution is 2.30. The van der Waals surface area contributed by atoms with Crippen LogP contribution in [0.15, 0.2) is 0 Å². The Morgan fingerprint density at radius 3 is 1.90 bits per heavy atom. The molecule has 8 heteroatoms. The first kappa shape index (κ1) is 18.5. The van der Waals surface area contributed by atoms with Crippen LogP contribution in [0, 0.1) is 5.92 Å². The average molecular weight is 298 g/mol. The van der Waals surface area contributed by atoms with Gasteiger partial charge >= 0.3 is 18.2 Å². The zero-order valence-electron chi connectivity index (χ0n) is 12.2. The molecule has 0 heterocycles. The number of carboxylic acids is 1. The lowest BCUT2D eigenvalue weighted by Crippen LogP contribution is -2.64. The summed E-state index contributed by atoms with van der Waals surface area (Å²) in [5.41, 5.74) is -3.31. The largest absolute Gasteiger partial charge is 0.479 e. The standard InChI is InChI=1S/C12H21F3N2O3/c1-7(2)6-17(8(3)4)10(20)16-11(5,9(18)19)12(13,14)15/h7-8H,6H2,1-5H3,(H,16,20)(H,18,19). The number of alkyl halides is 3. The summed E-state index contributed by atoms with van der Waals surface area (Å²) in [5, 5.41) is 10.3. The van der Waals surface area contributed by atoms with E-state index in [0.29, 0.717) is 6.92 Å². The van der Waals surface area contributed by atoms with E-state index in [-0.39, 0.29) is 18.5 Å². The Labute approximate surface area is 116 Å². The number of urea groups is 1. The van der Waals surface area contributed by atoms with E-state index in [1.165, 1.54) is 4.90 Å². The van der Waals surface area contributed by atoms with Gasteiger partial charge in [0.25, 0.3) is 0 Å². The second-order valence-corrected chi connectivity index (χ2v) is 5.50. The molecular weight excluding hydrogens is 277 g/mol. The molecule has 2 N–H and O–H groups in total. The number of rotatable bonds is 5. The maximum Gasteiger partial charge on any atom is 0.422 e. The molecule has 0 spiro atoms. The van der Waals surface area contributed by atoms with E-state index in [0.717, 1.165) is 0 Å². The van der Waals surface area contributed by atoms with Crippen LogP contribution in [0.1, 0.15) is 34.6 Å². The number of amides is 2. The van der Waals surface area contributed by atoms with E-state index in [2.05, 4.69) is 0 Å².